The molecule has 1 atom stereocenters. The van der Waals surface area contributed by atoms with Gasteiger partial charge in [-0.2, -0.15) is 0 Å². The summed E-state index contributed by atoms with van der Waals surface area (Å²) in [6, 6.07) is 4.10. The van der Waals surface area contributed by atoms with Crippen LogP contribution in [0.4, 0.5) is 0 Å². The van der Waals surface area contributed by atoms with Crippen LogP contribution in [0.25, 0.3) is 0 Å². The Morgan fingerprint density at radius 3 is 2.54 bits per heavy atom. The predicted molar refractivity (Wildman–Crippen MR) is 96.6 cm³/mol. The minimum atomic E-state index is -0.256. The van der Waals surface area contributed by atoms with Crippen LogP contribution in [-0.4, -0.2) is 34.4 Å². The molecule has 2 aliphatic rings. The van der Waals surface area contributed by atoms with Gasteiger partial charge in [0.15, 0.2) is 0 Å². The Morgan fingerprint density at radius 1 is 1.25 bits per heavy atom. The second kappa shape index (κ2) is 7.64. The van der Waals surface area contributed by atoms with Gasteiger partial charge in [0.25, 0.3) is 0 Å². The van der Waals surface area contributed by atoms with Crippen LogP contribution in [0.2, 0.25) is 0 Å². The van der Waals surface area contributed by atoms with E-state index in [1.165, 1.54) is 25.7 Å². The Labute approximate surface area is 146 Å². The number of hydrogen-bond donors (Lipinski definition) is 1. The number of nitrogens with zero attached hydrogens (tertiary/aromatic N) is 2. The number of pyridine rings is 1. The number of aromatic nitrogens is 1. The third-order valence-corrected chi connectivity index (χ3v) is 5.66. The van der Waals surface area contributed by atoms with Gasteiger partial charge in [0.1, 0.15) is 5.54 Å². The lowest BCUT2D eigenvalue weighted by Gasteiger charge is -2.38. The van der Waals surface area contributed by atoms with Gasteiger partial charge in [0.2, 0.25) is 5.91 Å². The maximum atomic E-state index is 13.3. The molecule has 0 unspecified atom stereocenters. The van der Waals surface area contributed by atoms with Gasteiger partial charge in [-0.1, -0.05) is 32.8 Å². The zero-order valence-electron chi connectivity index (χ0n) is 15.1. The first-order valence-corrected chi connectivity index (χ1v) is 9.58. The number of nitrogens with one attached hydrogen (secondary N) is 1. The summed E-state index contributed by atoms with van der Waals surface area (Å²) in [6.07, 6.45) is 11.5. The average Bonchev–Trinajstić information content (AvgIpc) is 3.26. The number of rotatable bonds is 6. The van der Waals surface area contributed by atoms with E-state index >= 15 is 0 Å². The van der Waals surface area contributed by atoms with Crippen LogP contribution in [0, 0.1) is 5.92 Å². The molecule has 0 bridgehead atoms. The molecule has 1 amide bonds. The van der Waals surface area contributed by atoms with E-state index in [0.717, 1.165) is 37.9 Å². The maximum Gasteiger partial charge on any atom is 0.241 e. The van der Waals surface area contributed by atoms with Gasteiger partial charge in [-0.15, -0.1) is 0 Å². The van der Waals surface area contributed by atoms with Crippen LogP contribution >= 0.6 is 0 Å². The van der Waals surface area contributed by atoms with Gasteiger partial charge in [-0.25, -0.2) is 0 Å². The van der Waals surface area contributed by atoms with Crippen LogP contribution in [0.15, 0.2) is 24.5 Å². The zero-order chi connectivity index (χ0) is 17.0. The summed E-state index contributed by atoms with van der Waals surface area (Å²) in [5.41, 5.74) is 0.864. The number of likely N-dealkylation sites (tertiary alicyclic amines) is 1. The van der Waals surface area contributed by atoms with E-state index in [9.17, 15) is 4.79 Å². The summed E-state index contributed by atoms with van der Waals surface area (Å²) >= 11 is 0. The Kier molecular flexibility index (Phi) is 5.54. The molecule has 1 N–H and O–H groups in total. The van der Waals surface area contributed by atoms with Crippen molar-refractivity contribution in [3.8, 4) is 0 Å². The van der Waals surface area contributed by atoms with Crippen molar-refractivity contribution < 1.29 is 4.79 Å². The third kappa shape index (κ3) is 3.64. The van der Waals surface area contributed by atoms with Gasteiger partial charge < -0.3 is 5.32 Å². The summed E-state index contributed by atoms with van der Waals surface area (Å²) in [5.74, 6) is 0.776. The van der Waals surface area contributed by atoms with E-state index in [4.69, 9.17) is 0 Å². The van der Waals surface area contributed by atoms with E-state index in [1.807, 2.05) is 12.3 Å². The molecule has 0 aromatic carbocycles. The van der Waals surface area contributed by atoms with Crippen LogP contribution < -0.4 is 5.32 Å². The Bertz CT molecular complexity index is 531. The van der Waals surface area contributed by atoms with Crippen molar-refractivity contribution in [3.05, 3.63) is 30.1 Å². The lowest BCUT2D eigenvalue weighted by Crippen LogP contribution is -2.56. The first-order chi connectivity index (χ1) is 11.6. The Balaban J connectivity index is 1.78. The van der Waals surface area contributed by atoms with E-state index < -0.39 is 0 Å². The quantitative estimate of drug-likeness (QED) is 0.865. The molecule has 4 heteroatoms. The number of carbonyl (C=O) groups is 1. The molecule has 24 heavy (non-hydrogen) atoms. The van der Waals surface area contributed by atoms with Crippen LogP contribution in [0.1, 0.15) is 70.4 Å². The fourth-order valence-corrected chi connectivity index (χ4v) is 4.42. The molecular formula is C20H31N3O. The maximum absolute atomic E-state index is 13.3. The van der Waals surface area contributed by atoms with Crippen molar-refractivity contribution in [2.24, 2.45) is 5.92 Å². The fraction of sp³-hybridized carbons (Fsp3) is 0.700. The first kappa shape index (κ1) is 17.4. The summed E-state index contributed by atoms with van der Waals surface area (Å²) in [6.45, 7) is 6.58. The van der Waals surface area contributed by atoms with Crippen molar-refractivity contribution in [1.29, 1.82) is 0 Å². The SMILES string of the molecule is CC(C)C[C@@H](NC(=O)C1(N2CCCC2)CCCC1)c1cccnc1. The van der Waals surface area contributed by atoms with E-state index in [1.54, 1.807) is 6.20 Å². The minimum absolute atomic E-state index is 0.0614. The van der Waals surface area contributed by atoms with Gasteiger partial charge in [-0.05, 0) is 62.7 Å². The van der Waals surface area contributed by atoms with Gasteiger partial charge >= 0.3 is 0 Å². The van der Waals surface area contributed by atoms with Crippen molar-refractivity contribution in [3.63, 3.8) is 0 Å². The van der Waals surface area contributed by atoms with Gasteiger partial charge in [0, 0.05) is 12.4 Å². The summed E-state index contributed by atoms with van der Waals surface area (Å²) < 4.78 is 0. The van der Waals surface area contributed by atoms with Crippen LogP contribution in [-0.2, 0) is 4.79 Å². The summed E-state index contributed by atoms with van der Waals surface area (Å²) in [7, 11) is 0. The smallest absolute Gasteiger partial charge is 0.241 e. The number of amides is 1. The molecule has 132 valence electrons. The molecule has 3 rings (SSSR count). The molecule has 1 saturated heterocycles. The van der Waals surface area contributed by atoms with E-state index in [-0.39, 0.29) is 17.5 Å². The second-order valence-corrected chi connectivity index (χ2v) is 7.87. The first-order valence-electron chi connectivity index (χ1n) is 9.58. The molecule has 1 saturated carbocycles. The molecule has 1 aromatic rings. The topological polar surface area (TPSA) is 45.2 Å². The van der Waals surface area contributed by atoms with Crippen LogP contribution in [0.5, 0.6) is 0 Å². The van der Waals surface area contributed by atoms with Crippen molar-refractivity contribution >= 4 is 5.91 Å². The number of hydrogen-bond acceptors (Lipinski definition) is 3. The highest BCUT2D eigenvalue weighted by molar-refractivity contribution is 5.87. The summed E-state index contributed by atoms with van der Waals surface area (Å²) in [5, 5.41) is 3.40. The van der Waals surface area contributed by atoms with E-state index in [0.29, 0.717) is 5.92 Å². The second-order valence-electron chi connectivity index (χ2n) is 7.87. The highest BCUT2D eigenvalue weighted by Gasteiger charge is 2.47. The van der Waals surface area contributed by atoms with Crippen molar-refractivity contribution in [2.45, 2.75) is 70.4 Å². The molecular weight excluding hydrogens is 298 g/mol. The standard InChI is InChI=1S/C20H31N3O/c1-16(2)14-18(17-8-7-11-21-15-17)22-19(24)20(9-3-4-10-20)23-12-5-6-13-23/h7-8,11,15-16,18H,3-6,9-10,12-14H2,1-2H3,(H,22,24)/t18-/m1/s1. The monoisotopic (exact) mass is 329 g/mol. The van der Waals surface area contributed by atoms with Crippen molar-refractivity contribution in [2.75, 3.05) is 13.1 Å². The van der Waals surface area contributed by atoms with Gasteiger partial charge in [0.05, 0.1) is 6.04 Å². The molecule has 1 aliphatic heterocycles. The van der Waals surface area contributed by atoms with Crippen LogP contribution in [0.3, 0.4) is 0 Å². The molecule has 0 spiro atoms. The highest BCUT2D eigenvalue weighted by atomic mass is 16.2. The fourth-order valence-electron chi connectivity index (χ4n) is 4.42. The normalized spacial score (nSPS) is 22.0. The Hall–Kier alpha value is -1.42. The molecule has 2 fully saturated rings. The predicted octanol–water partition coefficient (Wildman–Crippen LogP) is 3.69. The molecule has 1 aliphatic carbocycles. The molecule has 1 aromatic heterocycles. The third-order valence-electron chi connectivity index (χ3n) is 5.66. The Morgan fingerprint density at radius 2 is 1.96 bits per heavy atom. The highest BCUT2D eigenvalue weighted by Crippen LogP contribution is 2.38. The largest absolute Gasteiger partial charge is 0.348 e. The lowest BCUT2D eigenvalue weighted by molar-refractivity contribution is -0.133. The molecule has 0 radical (unpaired) electrons. The molecule has 4 nitrogen and oxygen atoms in total. The minimum Gasteiger partial charge on any atom is -0.348 e. The lowest BCUT2D eigenvalue weighted by atomic mass is 9.91. The molecule has 2 heterocycles. The average molecular weight is 329 g/mol. The zero-order valence-corrected chi connectivity index (χ0v) is 15.1. The van der Waals surface area contributed by atoms with E-state index in [2.05, 4.69) is 35.1 Å². The number of carbonyl (C=O) groups excluding carboxylic acids is 1. The van der Waals surface area contributed by atoms with Crippen molar-refractivity contribution in [1.82, 2.24) is 15.2 Å². The van der Waals surface area contributed by atoms with Gasteiger partial charge in [-0.3, -0.25) is 14.7 Å². The summed E-state index contributed by atoms with van der Waals surface area (Å²) in [4.78, 5) is 20.1.